The second kappa shape index (κ2) is 2.83. The summed E-state index contributed by atoms with van der Waals surface area (Å²) in [4.78, 5) is 0. The molecule has 0 radical (unpaired) electrons. The van der Waals surface area contributed by atoms with Gasteiger partial charge >= 0.3 is 0 Å². The summed E-state index contributed by atoms with van der Waals surface area (Å²) in [6, 6.07) is 15.0. The van der Waals surface area contributed by atoms with Gasteiger partial charge in [-0.05, 0) is 39.3 Å². The molecule has 15 heavy (non-hydrogen) atoms. The number of benzene rings is 3. The van der Waals surface area contributed by atoms with Gasteiger partial charge in [-0.25, -0.2) is 0 Å². The van der Waals surface area contributed by atoms with Crippen LogP contribution >= 0.6 is 0 Å². The molecule has 0 unspecified atom stereocenters. The molecule has 0 atom stereocenters. The molecule has 0 nitrogen and oxygen atoms in total. The average Bonchev–Trinajstić information content (AvgIpc) is 2.25. The summed E-state index contributed by atoms with van der Waals surface area (Å²) in [5.41, 5.74) is 1.31. The zero-order chi connectivity index (χ0) is 10.4. The fraction of sp³-hybridized carbons (Fsp3) is 0.0667. The highest BCUT2D eigenvalue weighted by atomic mass is 14.1. The van der Waals surface area contributed by atoms with Crippen molar-refractivity contribution in [1.29, 1.82) is 0 Å². The summed E-state index contributed by atoms with van der Waals surface area (Å²) >= 11 is 0. The molecule has 0 saturated heterocycles. The molecule has 0 spiro atoms. The molecular weight excluding hydrogens is 180 g/mol. The molecule has 0 fully saturated rings. The van der Waals surface area contributed by atoms with Crippen LogP contribution in [0.15, 0.2) is 42.5 Å². The lowest BCUT2D eigenvalue weighted by molar-refractivity contribution is 1.52. The van der Waals surface area contributed by atoms with Crippen LogP contribution in [-0.2, 0) is 0 Å². The predicted octanol–water partition coefficient (Wildman–Crippen LogP) is 3.43. The maximum absolute atomic E-state index is 4.11. The van der Waals surface area contributed by atoms with Gasteiger partial charge in [-0.3, -0.25) is 0 Å². The highest BCUT2D eigenvalue weighted by molar-refractivity contribution is 6.11. The smallest absolute Gasteiger partial charge is 0.00304 e. The van der Waals surface area contributed by atoms with Crippen LogP contribution in [0.1, 0.15) is 5.56 Å². The number of hydrogen-bond donors (Lipinski definition) is 0. The molecule has 72 valence electrons. The zero-order valence-electron chi connectivity index (χ0n) is 8.75. The van der Waals surface area contributed by atoms with E-state index >= 15 is 0 Å². The Bertz CT molecular complexity index is 687. The molecule has 0 aliphatic carbocycles. The molecule has 0 aromatic heterocycles. The number of aryl methyl sites for hydroxylation is 1. The van der Waals surface area contributed by atoms with E-state index in [1.165, 1.54) is 27.1 Å². The van der Waals surface area contributed by atoms with Crippen LogP contribution in [0.5, 0.6) is 0 Å². The first-order chi connectivity index (χ1) is 7.27. The topological polar surface area (TPSA) is 0 Å². The summed E-state index contributed by atoms with van der Waals surface area (Å²) in [6.45, 7) is 6.26. The van der Waals surface area contributed by atoms with Crippen molar-refractivity contribution in [2.24, 2.45) is 0 Å². The molecular formula is C15H12. The fourth-order valence-corrected chi connectivity index (χ4v) is 2.35. The summed E-state index contributed by atoms with van der Waals surface area (Å²) < 4.78 is 0. The molecule has 0 aliphatic rings. The van der Waals surface area contributed by atoms with Gasteiger partial charge in [0, 0.05) is 0 Å². The van der Waals surface area contributed by atoms with Crippen molar-refractivity contribution in [3.63, 3.8) is 0 Å². The molecule has 0 heteroatoms. The monoisotopic (exact) mass is 192 g/mol. The minimum absolute atomic E-state index is 1.12. The van der Waals surface area contributed by atoms with Crippen molar-refractivity contribution < 1.29 is 0 Å². The van der Waals surface area contributed by atoms with Crippen molar-refractivity contribution in [3.05, 3.63) is 53.2 Å². The van der Waals surface area contributed by atoms with Crippen LogP contribution in [0.3, 0.4) is 0 Å². The minimum atomic E-state index is 1.12. The van der Waals surface area contributed by atoms with Gasteiger partial charge in [0.2, 0.25) is 0 Å². The van der Waals surface area contributed by atoms with Crippen molar-refractivity contribution in [1.82, 2.24) is 0 Å². The molecule has 3 rings (SSSR count). The Labute approximate surface area is 88.8 Å². The van der Waals surface area contributed by atoms with Crippen LogP contribution in [0.25, 0.3) is 28.1 Å². The third-order valence-corrected chi connectivity index (χ3v) is 3.07. The first-order valence-electron chi connectivity index (χ1n) is 5.17. The van der Waals surface area contributed by atoms with Crippen molar-refractivity contribution in [3.8, 4) is 0 Å². The Morgan fingerprint density at radius 3 is 2.33 bits per heavy atom. The predicted molar refractivity (Wildman–Crippen MR) is 66.9 cm³/mol. The van der Waals surface area contributed by atoms with E-state index in [0.717, 1.165) is 5.22 Å². The van der Waals surface area contributed by atoms with E-state index in [2.05, 4.69) is 56.0 Å². The Morgan fingerprint density at radius 1 is 0.933 bits per heavy atom. The second-order valence-corrected chi connectivity index (χ2v) is 4.06. The second-order valence-electron chi connectivity index (χ2n) is 4.06. The molecule has 0 bridgehead atoms. The van der Waals surface area contributed by atoms with E-state index in [-0.39, 0.29) is 0 Å². The standard InChI is InChI=1S/C15H12/c1-10-9-11(2)14-8-4-6-12-5-3-7-13(10)15(12)14/h3-9H,1H2,2H3. The maximum atomic E-state index is 4.11. The SMILES string of the molecule is C=c1cc(C)c2cccc3cccc1c32. The molecule has 0 saturated carbocycles. The third kappa shape index (κ3) is 1.08. The number of hydrogen-bond acceptors (Lipinski definition) is 0. The Balaban J connectivity index is 2.79. The van der Waals surface area contributed by atoms with E-state index in [4.69, 9.17) is 0 Å². The van der Waals surface area contributed by atoms with Crippen LogP contribution in [-0.4, -0.2) is 0 Å². The largest absolute Gasteiger partial charge is 0.0911 e. The molecule has 0 amide bonds. The minimum Gasteiger partial charge on any atom is -0.0911 e. The Hall–Kier alpha value is -1.82. The average molecular weight is 192 g/mol. The van der Waals surface area contributed by atoms with Gasteiger partial charge in [-0.1, -0.05) is 49.0 Å². The van der Waals surface area contributed by atoms with Crippen molar-refractivity contribution in [2.45, 2.75) is 6.92 Å². The highest BCUT2D eigenvalue weighted by Gasteiger charge is 2.03. The highest BCUT2D eigenvalue weighted by Crippen LogP contribution is 2.26. The van der Waals surface area contributed by atoms with Crippen LogP contribution < -0.4 is 5.22 Å². The first kappa shape index (κ1) is 8.49. The van der Waals surface area contributed by atoms with Gasteiger partial charge in [-0.15, -0.1) is 0 Å². The lowest BCUT2D eigenvalue weighted by Gasteiger charge is -2.08. The van der Waals surface area contributed by atoms with Gasteiger partial charge in [0.1, 0.15) is 0 Å². The lowest BCUT2D eigenvalue weighted by Crippen LogP contribution is -2.01. The molecule has 3 aromatic carbocycles. The Kier molecular flexibility index (Phi) is 1.60. The fourth-order valence-electron chi connectivity index (χ4n) is 2.35. The zero-order valence-corrected chi connectivity index (χ0v) is 8.75. The van der Waals surface area contributed by atoms with Gasteiger partial charge in [-0.2, -0.15) is 0 Å². The van der Waals surface area contributed by atoms with E-state index in [1.807, 2.05) is 0 Å². The van der Waals surface area contributed by atoms with Crippen LogP contribution in [0.2, 0.25) is 0 Å². The number of rotatable bonds is 0. The van der Waals surface area contributed by atoms with Gasteiger partial charge in [0.05, 0.1) is 0 Å². The van der Waals surface area contributed by atoms with E-state index in [0.29, 0.717) is 0 Å². The van der Waals surface area contributed by atoms with Crippen LogP contribution in [0, 0.1) is 6.92 Å². The summed E-state index contributed by atoms with van der Waals surface area (Å²) in [5, 5.41) is 6.39. The molecule has 0 aliphatic heterocycles. The summed E-state index contributed by atoms with van der Waals surface area (Å²) in [7, 11) is 0. The van der Waals surface area contributed by atoms with Gasteiger partial charge < -0.3 is 0 Å². The van der Waals surface area contributed by atoms with E-state index in [1.54, 1.807) is 0 Å². The third-order valence-electron chi connectivity index (χ3n) is 3.07. The van der Waals surface area contributed by atoms with Crippen LogP contribution in [0.4, 0.5) is 0 Å². The van der Waals surface area contributed by atoms with Crippen molar-refractivity contribution in [2.75, 3.05) is 0 Å². The normalized spacial score (nSPS) is 11.3. The lowest BCUT2D eigenvalue weighted by atomic mass is 9.96. The molecule has 3 aromatic rings. The first-order valence-corrected chi connectivity index (χ1v) is 5.17. The van der Waals surface area contributed by atoms with Crippen molar-refractivity contribution >= 4 is 28.1 Å². The molecule has 0 heterocycles. The van der Waals surface area contributed by atoms with E-state index < -0.39 is 0 Å². The summed E-state index contributed by atoms with van der Waals surface area (Å²) in [5.74, 6) is 0. The molecule has 0 N–H and O–H groups in total. The maximum Gasteiger partial charge on any atom is -0.00304 e. The van der Waals surface area contributed by atoms with E-state index in [9.17, 15) is 0 Å². The van der Waals surface area contributed by atoms with Gasteiger partial charge in [0.25, 0.3) is 0 Å². The Morgan fingerprint density at radius 2 is 1.60 bits per heavy atom. The van der Waals surface area contributed by atoms with Gasteiger partial charge in [0.15, 0.2) is 0 Å². The quantitative estimate of drug-likeness (QED) is 0.512. The summed E-state index contributed by atoms with van der Waals surface area (Å²) in [6.07, 6.45) is 0.